The molecular formula is C10H9ClN2. The number of nitrogens with zero attached hydrogens (tertiary/aromatic N) is 1. The van der Waals surface area contributed by atoms with Crippen molar-refractivity contribution in [2.75, 3.05) is 5.73 Å². The highest BCUT2D eigenvalue weighted by Crippen LogP contribution is 2.49. The van der Waals surface area contributed by atoms with Crippen LogP contribution in [0, 0.1) is 17.2 Å². The summed E-state index contributed by atoms with van der Waals surface area (Å²) in [4.78, 5) is 0. The van der Waals surface area contributed by atoms with Crippen LogP contribution in [-0.4, -0.2) is 0 Å². The van der Waals surface area contributed by atoms with E-state index in [9.17, 15) is 0 Å². The number of hydrogen-bond donors (Lipinski definition) is 1. The molecule has 1 aliphatic rings. The van der Waals surface area contributed by atoms with Crippen molar-refractivity contribution in [2.45, 2.75) is 12.3 Å². The lowest BCUT2D eigenvalue weighted by Crippen LogP contribution is -1.89. The molecule has 13 heavy (non-hydrogen) atoms. The zero-order valence-corrected chi connectivity index (χ0v) is 7.75. The lowest BCUT2D eigenvalue weighted by molar-refractivity contribution is 1.02. The molecule has 3 heteroatoms. The van der Waals surface area contributed by atoms with Crippen molar-refractivity contribution in [3.05, 3.63) is 28.8 Å². The highest BCUT2D eigenvalue weighted by atomic mass is 35.5. The van der Waals surface area contributed by atoms with Crippen LogP contribution in [0.1, 0.15) is 17.9 Å². The lowest BCUT2D eigenvalue weighted by atomic mass is 10.1. The fourth-order valence-electron chi connectivity index (χ4n) is 1.53. The summed E-state index contributed by atoms with van der Waals surface area (Å²) in [5, 5.41) is 9.39. The number of nitriles is 1. The van der Waals surface area contributed by atoms with Crippen LogP contribution in [0.15, 0.2) is 18.2 Å². The van der Waals surface area contributed by atoms with Gasteiger partial charge in [0.25, 0.3) is 0 Å². The van der Waals surface area contributed by atoms with Gasteiger partial charge in [0, 0.05) is 16.6 Å². The van der Waals surface area contributed by atoms with Crippen LogP contribution in [0.4, 0.5) is 5.69 Å². The monoisotopic (exact) mass is 192 g/mol. The summed E-state index contributed by atoms with van der Waals surface area (Å²) >= 11 is 5.99. The van der Waals surface area contributed by atoms with Gasteiger partial charge in [0.15, 0.2) is 0 Å². The van der Waals surface area contributed by atoms with Crippen molar-refractivity contribution < 1.29 is 0 Å². The molecule has 66 valence electrons. The second-order valence-electron chi connectivity index (χ2n) is 3.36. The predicted molar refractivity (Wildman–Crippen MR) is 52.3 cm³/mol. The molecule has 0 saturated heterocycles. The normalized spacial score (nSPS) is 25.2. The number of benzene rings is 1. The zero-order valence-electron chi connectivity index (χ0n) is 7.00. The van der Waals surface area contributed by atoms with E-state index in [0.717, 1.165) is 17.0 Å². The fraction of sp³-hybridized carbons (Fsp3) is 0.300. The van der Waals surface area contributed by atoms with Crippen molar-refractivity contribution in [3.63, 3.8) is 0 Å². The molecule has 1 saturated carbocycles. The Labute approximate surface area is 81.9 Å². The molecule has 0 amide bonds. The molecule has 0 aliphatic heterocycles. The minimum absolute atomic E-state index is 0.138. The molecular weight excluding hydrogens is 184 g/mol. The lowest BCUT2D eigenvalue weighted by Gasteiger charge is -2.02. The third-order valence-corrected chi connectivity index (χ3v) is 2.72. The molecule has 0 spiro atoms. The van der Waals surface area contributed by atoms with Gasteiger partial charge in [-0.3, -0.25) is 0 Å². The molecule has 1 aromatic carbocycles. The van der Waals surface area contributed by atoms with Crippen molar-refractivity contribution in [2.24, 2.45) is 5.92 Å². The standard InChI is InChI=1S/C10H9ClN2/c11-10-2-1-7(13)4-9(10)8-3-6(8)5-12/h1-2,4,6,8H,3,13H2/t6-,8-/m0/s1. The minimum atomic E-state index is 0.138. The van der Waals surface area contributed by atoms with E-state index in [-0.39, 0.29) is 5.92 Å². The molecule has 1 aliphatic carbocycles. The van der Waals surface area contributed by atoms with Crippen LogP contribution in [0.5, 0.6) is 0 Å². The Hall–Kier alpha value is -1.20. The average Bonchev–Trinajstić information content (AvgIpc) is 2.88. The maximum atomic E-state index is 8.67. The fourth-order valence-corrected chi connectivity index (χ4v) is 1.79. The molecule has 2 rings (SSSR count). The minimum Gasteiger partial charge on any atom is -0.399 e. The summed E-state index contributed by atoms with van der Waals surface area (Å²) in [5.74, 6) is 0.445. The third-order valence-electron chi connectivity index (χ3n) is 2.38. The van der Waals surface area contributed by atoms with Crippen LogP contribution in [0.2, 0.25) is 5.02 Å². The summed E-state index contributed by atoms with van der Waals surface area (Å²) in [5.41, 5.74) is 7.37. The molecule has 1 aromatic rings. The van der Waals surface area contributed by atoms with Crippen LogP contribution in [0.3, 0.4) is 0 Å². The van der Waals surface area contributed by atoms with E-state index in [1.54, 1.807) is 12.1 Å². The molecule has 2 atom stereocenters. The predicted octanol–water partition coefficient (Wildman–Crippen LogP) is 2.55. The molecule has 2 N–H and O–H groups in total. The Morgan fingerprint density at radius 3 is 2.92 bits per heavy atom. The van der Waals surface area contributed by atoms with Crippen LogP contribution < -0.4 is 5.73 Å². The number of nitrogens with two attached hydrogens (primary N) is 1. The van der Waals surface area contributed by atoms with Gasteiger partial charge in [0.05, 0.1) is 12.0 Å². The van der Waals surface area contributed by atoms with E-state index >= 15 is 0 Å². The van der Waals surface area contributed by atoms with Crippen molar-refractivity contribution in [1.29, 1.82) is 5.26 Å². The van der Waals surface area contributed by atoms with Gasteiger partial charge in [-0.1, -0.05) is 11.6 Å². The van der Waals surface area contributed by atoms with Gasteiger partial charge in [0.2, 0.25) is 0 Å². The third kappa shape index (κ3) is 1.48. The van der Waals surface area contributed by atoms with Crippen molar-refractivity contribution in [3.8, 4) is 6.07 Å². The maximum absolute atomic E-state index is 8.67. The van der Waals surface area contributed by atoms with Crippen molar-refractivity contribution in [1.82, 2.24) is 0 Å². The first-order valence-corrected chi connectivity index (χ1v) is 4.54. The second-order valence-corrected chi connectivity index (χ2v) is 3.77. The molecule has 0 unspecified atom stereocenters. The van der Waals surface area contributed by atoms with Gasteiger partial charge < -0.3 is 5.73 Å². The Balaban J connectivity index is 2.32. The largest absolute Gasteiger partial charge is 0.399 e. The first kappa shape index (κ1) is 8.40. The van der Waals surface area contributed by atoms with Gasteiger partial charge in [-0.15, -0.1) is 0 Å². The van der Waals surface area contributed by atoms with Gasteiger partial charge in [-0.2, -0.15) is 5.26 Å². The topological polar surface area (TPSA) is 49.8 Å². The highest BCUT2D eigenvalue weighted by Gasteiger charge is 2.39. The summed E-state index contributed by atoms with van der Waals surface area (Å²) in [6.07, 6.45) is 0.916. The smallest absolute Gasteiger partial charge is 0.0662 e. The Bertz CT molecular complexity index is 381. The van der Waals surface area contributed by atoms with Crippen molar-refractivity contribution >= 4 is 17.3 Å². The summed E-state index contributed by atoms with van der Waals surface area (Å²) in [7, 11) is 0. The van der Waals surface area contributed by atoms with Crippen LogP contribution in [0.25, 0.3) is 0 Å². The van der Waals surface area contributed by atoms with E-state index in [4.69, 9.17) is 22.6 Å². The number of nitrogen functional groups attached to an aromatic ring is 1. The first-order chi connectivity index (χ1) is 6.22. The van der Waals surface area contributed by atoms with Crippen LogP contribution >= 0.6 is 11.6 Å². The first-order valence-electron chi connectivity index (χ1n) is 4.17. The number of hydrogen-bond acceptors (Lipinski definition) is 2. The molecule has 0 heterocycles. The zero-order chi connectivity index (χ0) is 9.42. The summed E-state index contributed by atoms with van der Waals surface area (Å²) in [6.45, 7) is 0. The Morgan fingerprint density at radius 2 is 2.31 bits per heavy atom. The molecule has 2 nitrogen and oxygen atoms in total. The number of halogens is 1. The summed E-state index contributed by atoms with van der Waals surface area (Å²) < 4.78 is 0. The quantitative estimate of drug-likeness (QED) is 0.696. The Kier molecular flexibility index (Phi) is 1.90. The summed E-state index contributed by atoms with van der Waals surface area (Å²) in [6, 6.07) is 7.66. The van der Waals surface area contributed by atoms with Gasteiger partial charge in [-0.05, 0) is 30.2 Å². The average molecular weight is 193 g/mol. The molecule has 0 bridgehead atoms. The second kappa shape index (κ2) is 2.93. The maximum Gasteiger partial charge on any atom is 0.0662 e. The van der Waals surface area contributed by atoms with Crippen LogP contribution in [-0.2, 0) is 0 Å². The van der Waals surface area contributed by atoms with E-state index < -0.39 is 0 Å². The number of anilines is 1. The van der Waals surface area contributed by atoms with E-state index in [2.05, 4.69) is 6.07 Å². The molecule has 0 aromatic heterocycles. The van der Waals surface area contributed by atoms with E-state index in [1.165, 1.54) is 0 Å². The SMILES string of the molecule is N#C[C@@H]1C[C@@H]1c1cc(N)ccc1Cl. The number of rotatable bonds is 1. The Morgan fingerprint density at radius 1 is 1.54 bits per heavy atom. The van der Waals surface area contributed by atoms with Gasteiger partial charge in [0.1, 0.15) is 0 Å². The van der Waals surface area contributed by atoms with E-state index in [1.807, 2.05) is 6.07 Å². The molecule has 1 fully saturated rings. The van der Waals surface area contributed by atoms with E-state index in [0.29, 0.717) is 11.6 Å². The highest BCUT2D eigenvalue weighted by molar-refractivity contribution is 6.31. The van der Waals surface area contributed by atoms with Gasteiger partial charge >= 0.3 is 0 Å². The molecule has 0 radical (unpaired) electrons. The van der Waals surface area contributed by atoms with Gasteiger partial charge in [-0.25, -0.2) is 0 Å².